The molecule has 0 spiro atoms. The molecule has 0 aliphatic rings. The van der Waals surface area contributed by atoms with E-state index >= 15 is 0 Å². The molecule has 0 aromatic carbocycles. The van der Waals surface area contributed by atoms with Crippen LogP contribution in [0.1, 0.15) is 38.5 Å². The van der Waals surface area contributed by atoms with E-state index < -0.39 is 0 Å². The van der Waals surface area contributed by atoms with Crippen LogP contribution in [-0.4, -0.2) is 28.8 Å². The van der Waals surface area contributed by atoms with Gasteiger partial charge in [0.1, 0.15) is 0 Å². The lowest BCUT2D eigenvalue weighted by atomic mass is 10.1. The first-order valence-electron chi connectivity index (χ1n) is 6.68. The number of thiazole rings is 1. The number of anilines is 1. The standard InChI is InChI=1S/C13H23N3O2S/c1-4-10(17)5-6-14-12(18)16-13-15-8-11(19-13)7-9(2)3/h8-10,17H,4-7H2,1-3H3,(H2,14,15,16,18). The molecule has 0 saturated heterocycles. The summed E-state index contributed by atoms with van der Waals surface area (Å²) in [4.78, 5) is 16.9. The summed E-state index contributed by atoms with van der Waals surface area (Å²) < 4.78 is 0. The number of carbonyl (C=O) groups is 1. The Hall–Kier alpha value is -1.14. The fraction of sp³-hybridized carbons (Fsp3) is 0.692. The van der Waals surface area contributed by atoms with Crippen LogP contribution in [0, 0.1) is 5.92 Å². The molecule has 0 radical (unpaired) electrons. The summed E-state index contributed by atoms with van der Waals surface area (Å²) in [5.74, 6) is 0.581. The van der Waals surface area contributed by atoms with E-state index in [1.54, 1.807) is 6.20 Å². The predicted octanol–water partition coefficient (Wildman–Crippen LogP) is 2.62. The van der Waals surface area contributed by atoms with Crippen molar-refractivity contribution in [3.63, 3.8) is 0 Å². The molecule has 1 atom stereocenters. The molecular weight excluding hydrogens is 262 g/mol. The van der Waals surface area contributed by atoms with E-state index in [1.165, 1.54) is 16.2 Å². The van der Waals surface area contributed by atoms with E-state index in [-0.39, 0.29) is 12.1 Å². The van der Waals surface area contributed by atoms with Crippen molar-refractivity contribution < 1.29 is 9.90 Å². The zero-order chi connectivity index (χ0) is 14.3. The predicted molar refractivity (Wildman–Crippen MR) is 78.6 cm³/mol. The molecule has 0 bridgehead atoms. The van der Waals surface area contributed by atoms with Crippen molar-refractivity contribution in [2.75, 3.05) is 11.9 Å². The molecule has 0 aliphatic heterocycles. The molecule has 0 fully saturated rings. The minimum absolute atomic E-state index is 0.270. The number of nitrogens with one attached hydrogen (secondary N) is 2. The largest absolute Gasteiger partial charge is 0.393 e. The average Bonchev–Trinajstić information content (AvgIpc) is 2.75. The number of urea groups is 1. The van der Waals surface area contributed by atoms with Crippen LogP contribution >= 0.6 is 11.3 Å². The number of nitrogens with zero attached hydrogens (tertiary/aromatic N) is 1. The highest BCUT2D eigenvalue weighted by Crippen LogP contribution is 2.20. The zero-order valence-electron chi connectivity index (χ0n) is 11.8. The monoisotopic (exact) mass is 285 g/mol. The van der Waals surface area contributed by atoms with Gasteiger partial charge in [-0.25, -0.2) is 9.78 Å². The molecule has 1 aromatic rings. The second-order valence-corrected chi connectivity index (χ2v) is 6.08. The van der Waals surface area contributed by atoms with E-state index in [1.807, 2.05) is 6.92 Å². The summed E-state index contributed by atoms with van der Waals surface area (Å²) in [6, 6.07) is -0.270. The molecular formula is C13H23N3O2S. The van der Waals surface area contributed by atoms with Gasteiger partial charge in [0.2, 0.25) is 0 Å². The van der Waals surface area contributed by atoms with Crippen LogP contribution < -0.4 is 10.6 Å². The average molecular weight is 285 g/mol. The first kappa shape index (κ1) is 15.9. The topological polar surface area (TPSA) is 74.2 Å². The van der Waals surface area contributed by atoms with Crippen molar-refractivity contribution >= 4 is 22.5 Å². The second-order valence-electron chi connectivity index (χ2n) is 4.96. The molecule has 0 saturated carbocycles. The van der Waals surface area contributed by atoms with Gasteiger partial charge in [-0.05, 0) is 25.2 Å². The van der Waals surface area contributed by atoms with E-state index in [9.17, 15) is 9.90 Å². The van der Waals surface area contributed by atoms with Crippen LogP contribution in [0.5, 0.6) is 0 Å². The van der Waals surface area contributed by atoms with Gasteiger partial charge in [-0.1, -0.05) is 20.8 Å². The highest BCUT2D eigenvalue weighted by Gasteiger charge is 2.08. The number of aliphatic hydroxyl groups is 1. The lowest BCUT2D eigenvalue weighted by Crippen LogP contribution is -2.31. The van der Waals surface area contributed by atoms with Crippen molar-refractivity contribution in [3.8, 4) is 0 Å². The molecule has 0 aliphatic carbocycles. The minimum Gasteiger partial charge on any atom is -0.393 e. The Morgan fingerprint density at radius 2 is 2.26 bits per heavy atom. The molecule has 108 valence electrons. The molecule has 6 heteroatoms. The van der Waals surface area contributed by atoms with Gasteiger partial charge in [-0.3, -0.25) is 5.32 Å². The highest BCUT2D eigenvalue weighted by atomic mass is 32.1. The molecule has 1 aromatic heterocycles. The molecule has 5 nitrogen and oxygen atoms in total. The van der Waals surface area contributed by atoms with Crippen molar-refractivity contribution in [1.29, 1.82) is 0 Å². The first-order valence-corrected chi connectivity index (χ1v) is 7.50. The number of hydrogen-bond acceptors (Lipinski definition) is 4. The molecule has 3 N–H and O–H groups in total. The lowest BCUT2D eigenvalue weighted by molar-refractivity contribution is 0.160. The van der Waals surface area contributed by atoms with Crippen LogP contribution in [0.15, 0.2) is 6.20 Å². The van der Waals surface area contributed by atoms with Crippen molar-refractivity contribution in [2.24, 2.45) is 5.92 Å². The number of carbonyl (C=O) groups excluding carboxylic acids is 1. The quantitative estimate of drug-likeness (QED) is 0.721. The Morgan fingerprint density at radius 1 is 1.53 bits per heavy atom. The minimum atomic E-state index is -0.349. The maximum atomic E-state index is 11.6. The normalized spacial score (nSPS) is 12.5. The fourth-order valence-electron chi connectivity index (χ4n) is 1.56. The third-order valence-electron chi connectivity index (χ3n) is 2.62. The Morgan fingerprint density at radius 3 is 2.89 bits per heavy atom. The van der Waals surface area contributed by atoms with Crippen molar-refractivity contribution in [2.45, 2.75) is 46.1 Å². The van der Waals surface area contributed by atoms with Gasteiger partial charge in [-0.15, -0.1) is 11.3 Å². The number of aliphatic hydroxyl groups excluding tert-OH is 1. The molecule has 1 rings (SSSR count). The van der Waals surface area contributed by atoms with Crippen LogP contribution in [0.4, 0.5) is 9.93 Å². The summed E-state index contributed by atoms with van der Waals surface area (Å²) in [5, 5.41) is 15.4. The Bertz CT molecular complexity index is 393. The van der Waals surface area contributed by atoms with Gasteiger partial charge in [0.15, 0.2) is 5.13 Å². The summed E-state index contributed by atoms with van der Waals surface area (Å²) in [6.07, 6.45) is 3.71. The highest BCUT2D eigenvalue weighted by molar-refractivity contribution is 7.15. The maximum absolute atomic E-state index is 11.6. The van der Waals surface area contributed by atoms with Gasteiger partial charge in [-0.2, -0.15) is 0 Å². The van der Waals surface area contributed by atoms with Gasteiger partial charge >= 0.3 is 6.03 Å². The Balaban J connectivity index is 2.30. The van der Waals surface area contributed by atoms with Crippen LogP contribution in [0.3, 0.4) is 0 Å². The Labute approximate surface area is 118 Å². The summed E-state index contributed by atoms with van der Waals surface area (Å²) in [5.41, 5.74) is 0. The van der Waals surface area contributed by atoms with Crippen LogP contribution in [-0.2, 0) is 6.42 Å². The summed E-state index contributed by atoms with van der Waals surface area (Å²) in [7, 11) is 0. The fourth-order valence-corrected chi connectivity index (χ4v) is 2.58. The van der Waals surface area contributed by atoms with Crippen LogP contribution in [0.25, 0.3) is 0 Å². The lowest BCUT2D eigenvalue weighted by Gasteiger charge is -2.08. The van der Waals surface area contributed by atoms with Crippen molar-refractivity contribution in [3.05, 3.63) is 11.1 Å². The number of amides is 2. The van der Waals surface area contributed by atoms with E-state index in [4.69, 9.17) is 0 Å². The Kier molecular flexibility index (Phi) is 6.80. The van der Waals surface area contributed by atoms with Crippen molar-refractivity contribution in [1.82, 2.24) is 10.3 Å². The van der Waals surface area contributed by atoms with E-state index in [2.05, 4.69) is 29.5 Å². The van der Waals surface area contributed by atoms with Gasteiger partial charge in [0.25, 0.3) is 0 Å². The molecule has 19 heavy (non-hydrogen) atoms. The second kappa shape index (κ2) is 8.12. The third kappa shape index (κ3) is 6.54. The number of aromatic nitrogens is 1. The number of rotatable bonds is 7. The SMILES string of the molecule is CCC(O)CCNC(=O)Nc1ncc(CC(C)C)s1. The summed E-state index contributed by atoms with van der Waals surface area (Å²) in [6.45, 7) is 6.68. The first-order chi connectivity index (χ1) is 9.01. The van der Waals surface area contributed by atoms with Crippen LogP contribution in [0.2, 0.25) is 0 Å². The third-order valence-corrected chi connectivity index (χ3v) is 3.55. The smallest absolute Gasteiger partial charge is 0.321 e. The molecule has 1 heterocycles. The zero-order valence-corrected chi connectivity index (χ0v) is 12.6. The van der Waals surface area contributed by atoms with Gasteiger partial charge < -0.3 is 10.4 Å². The maximum Gasteiger partial charge on any atom is 0.321 e. The van der Waals surface area contributed by atoms with E-state index in [0.29, 0.717) is 30.4 Å². The van der Waals surface area contributed by atoms with Gasteiger partial charge in [0.05, 0.1) is 6.10 Å². The molecule has 2 amide bonds. The summed E-state index contributed by atoms with van der Waals surface area (Å²) >= 11 is 1.50. The van der Waals surface area contributed by atoms with E-state index in [0.717, 1.165) is 6.42 Å². The number of hydrogen-bond donors (Lipinski definition) is 3. The molecule has 1 unspecified atom stereocenters. The van der Waals surface area contributed by atoms with Gasteiger partial charge in [0, 0.05) is 17.6 Å².